The molecule has 0 saturated carbocycles. The molecule has 1 aromatic carbocycles. The molecule has 11 heteroatoms. The smallest absolute Gasteiger partial charge is 0.287 e. The number of rotatable bonds is 6. The second-order valence-corrected chi connectivity index (χ2v) is 7.64. The number of amidine groups is 2. The number of anilines is 1. The van der Waals surface area contributed by atoms with Crippen LogP contribution in [0.15, 0.2) is 51.8 Å². The lowest BCUT2D eigenvalue weighted by Crippen LogP contribution is -2.43. The first-order valence-corrected chi connectivity index (χ1v) is 10.6. The zero-order valence-electron chi connectivity index (χ0n) is 15.8. The van der Waals surface area contributed by atoms with Gasteiger partial charge in [0, 0.05) is 0 Å². The summed E-state index contributed by atoms with van der Waals surface area (Å²) < 4.78 is 5.46. The number of hydrogen-bond acceptors (Lipinski definition) is 7. The molecule has 0 fully saturated rings. The van der Waals surface area contributed by atoms with Crippen LogP contribution in [0.5, 0.6) is 5.75 Å². The first-order chi connectivity index (χ1) is 14.5. The van der Waals surface area contributed by atoms with Crippen LogP contribution in [0, 0.1) is 5.41 Å². The molecule has 0 spiro atoms. The lowest BCUT2D eigenvalue weighted by Gasteiger charge is -2.15. The van der Waals surface area contributed by atoms with Crippen LogP contribution in [0.1, 0.15) is 16.6 Å². The van der Waals surface area contributed by atoms with Crippen LogP contribution in [0.2, 0.25) is 0 Å². The normalized spacial score (nSPS) is 14.8. The largest absolute Gasteiger partial charge is 0.492 e. The lowest BCUT2D eigenvalue weighted by atomic mass is 10.3. The number of para-hydroxylation sites is 2. The molecule has 1 aliphatic heterocycles. The summed E-state index contributed by atoms with van der Waals surface area (Å²) in [5.74, 6) is -1.59. The monoisotopic (exact) mass is 443 g/mol. The van der Waals surface area contributed by atoms with Crippen LogP contribution in [-0.2, 0) is 9.59 Å². The standard InChI is InChI=1S/C19H17N5O4S2/c1-2-28-12-7-4-3-6-11(12)21-14(25)10-30-19-23-16(20)15(18(27)24-19)22-17(26)13-8-5-9-29-13/h3-9H,2,10H2,1H3,(H,21,25)(H2,20,23,24,27). The Morgan fingerprint density at radius 1 is 1.30 bits per heavy atom. The molecule has 30 heavy (non-hydrogen) atoms. The van der Waals surface area contributed by atoms with Gasteiger partial charge in [0.25, 0.3) is 11.8 Å². The number of thiophene rings is 1. The Kier molecular flexibility index (Phi) is 7.09. The summed E-state index contributed by atoms with van der Waals surface area (Å²) in [5, 5.41) is 14.9. The van der Waals surface area contributed by atoms with Gasteiger partial charge in [-0.25, -0.2) is 4.99 Å². The highest BCUT2D eigenvalue weighted by Crippen LogP contribution is 2.24. The summed E-state index contributed by atoms with van der Waals surface area (Å²) >= 11 is 2.14. The van der Waals surface area contributed by atoms with E-state index < -0.39 is 17.6 Å². The number of amides is 3. The molecule has 154 valence electrons. The van der Waals surface area contributed by atoms with Crippen molar-refractivity contribution in [2.45, 2.75) is 6.92 Å². The molecule has 9 nitrogen and oxygen atoms in total. The summed E-state index contributed by atoms with van der Waals surface area (Å²) in [6.07, 6.45) is 0. The Morgan fingerprint density at radius 3 is 2.80 bits per heavy atom. The maximum atomic E-state index is 12.2. The summed E-state index contributed by atoms with van der Waals surface area (Å²) in [5.41, 5.74) is 0.168. The van der Waals surface area contributed by atoms with Crippen molar-refractivity contribution in [3.05, 3.63) is 46.7 Å². The molecule has 0 bridgehead atoms. The minimum Gasteiger partial charge on any atom is -0.492 e. The molecular weight excluding hydrogens is 426 g/mol. The molecule has 0 radical (unpaired) electrons. The van der Waals surface area contributed by atoms with Gasteiger partial charge in [-0.2, -0.15) is 4.99 Å². The van der Waals surface area contributed by atoms with Crippen LogP contribution < -0.4 is 15.4 Å². The lowest BCUT2D eigenvalue weighted by molar-refractivity contribution is -0.114. The predicted octanol–water partition coefficient (Wildman–Crippen LogP) is 2.56. The van der Waals surface area contributed by atoms with Crippen LogP contribution in [-0.4, -0.2) is 46.8 Å². The maximum Gasteiger partial charge on any atom is 0.287 e. The van der Waals surface area contributed by atoms with Crippen molar-refractivity contribution in [1.82, 2.24) is 5.32 Å². The first kappa shape index (κ1) is 21.4. The summed E-state index contributed by atoms with van der Waals surface area (Å²) in [6.45, 7) is 2.31. The van der Waals surface area contributed by atoms with Crippen molar-refractivity contribution in [1.29, 1.82) is 5.41 Å². The summed E-state index contributed by atoms with van der Waals surface area (Å²) in [6, 6.07) is 10.3. The number of carbonyl (C=O) groups excluding carboxylic acids is 3. The summed E-state index contributed by atoms with van der Waals surface area (Å²) in [7, 11) is 0. The van der Waals surface area contributed by atoms with Crippen LogP contribution >= 0.6 is 23.1 Å². The van der Waals surface area contributed by atoms with E-state index in [9.17, 15) is 14.4 Å². The highest BCUT2D eigenvalue weighted by atomic mass is 32.2. The van der Waals surface area contributed by atoms with Crippen molar-refractivity contribution in [2.24, 2.45) is 9.98 Å². The molecule has 0 unspecified atom stereocenters. The highest BCUT2D eigenvalue weighted by Gasteiger charge is 2.26. The SMILES string of the molecule is CCOc1ccccc1NC(=O)CSC1=NC(=N)C(=NC(=O)c2cccs2)C(=O)N1. The van der Waals surface area contributed by atoms with Gasteiger partial charge in [0.1, 0.15) is 5.75 Å². The molecule has 0 atom stereocenters. The van der Waals surface area contributed by atoms with Gasteiger partial charge in [0.2, 0.25) is 5.91 Å². The van der Waals surface area contributed by atoms with E-state index >= 15 is 0 Å². The third-order valence-corrected chi connectivity index (χ3v) is 5.35. The summed E-state index contributed by atoms with van der Waals surface area (Å²) in [4.78, 5) is 44.5. The number of benzene rings is 1. The number of nitrogens with zero attached hydrogens (tertiary/aromatic N) is 2. The molecule has 3 amide bonds. The van der Waals surface area contributed by atoms with E-state index in [-0.39, 0.29) is 22.5 Å². The Morgan fingerprint density at radius 2 is 2.10 bits per heavy atom. The van der Waals surface area contributed by atoms with Gasteiger partial charge in [0.15, 0.2) is 16.7 Å². The molecule has 0 saturated heterocycles. The third-order valence-electron chi connectivity index (χ3n) is 3.62. The molecule has 3 rings (SSSR count). The van der Waals surface area contributed by atoms with E-state index in [2.05, 4.69) is 20.6 Å². The number of carbonyl (C=O) groups is 3. The fourth-order valence-electron chi connectivity index (χ4n) is 2.35. The van der Waals surface area contributed by atoms with Crippen molar-refractivity contribution >= 4 is 63.2 Å². The Balaban J connectivity index is 1.60. The second kappa shape index (κ2) is 9.94. The minimum absolute atomic E-state index is 0.0482. The molecule has 0 aliphatic carbocycles. The topological polar surface area (TPSA) is 133 Å². The maximum absolute atomic E-state index is 12.2. The first-order valence-electron chi connectivity index (χ1n) is 8.78. The fraction of sp³-hybridized carbons (Fsp3) is 0.158. The average molecular weight is 444 g/mol. The van der Waals surface area contributed by atoms with Crippen molar-refractivity contribution < 1.29 is 19.1 Å². The molecule has 2 heterocycles. The molecular formula is C19H17N5O4S2. The quantitative estimate of drug-likeness (QED) is 0.631. The van der Waals surface area contributed by atoms with Gasteiger partial charge in [-0.3, -0.25) is 25.1 Å². The predicted molar refractivity (Wildman–Crippen MR) is 118 cm³/mol. The fourth-order valence-corrected chi connectivity index (χ4v) is 3.61. The van der Waals surface area contributed by atoms with Crippen LogP contribution in [0.3, 0.4) is 0 Å². The van der Waals surface area contributed by atoms with E-state index in [1.807, 2.05) is 6.92 Å². The average Bonchev–Trinajstić information content (AvgIpc) is 3.26. The van der Waals surface area contributed by atoms with Gasteiger partial charge >= 0.3 is 0 Å². The molecule has 1 aliphatic rings. The Labute approximate surface area is 180 Å². The number of hydrogen-bond donors (Lipinski definition) is 3. The molecule has 1 aromatic heterocycles. The zero-order chi connectivity index (χ0) is 21.5. The third kappa shape index (κ3) is 5.39. The Bertz CT molecular complexity index is 1050. The van der Waals surface area contributed by atoms with E-state index in [0.29, 0.717) is 22.9 Å². The number of thioether (sulfide) groups is 1. The number of nitrogens with one attached hydrogen (secondary N) is 3. The Hall–Kier alpha value is -3.31. The van der Waals surface area contributed by atoms with E-state index in [4.69, 9.17) is 10.1 Å². The minimum atomic E-state index is -0.718. The van der Waals surface area contributed by atoms with Crippen molar-refractivity contribution in [3.63, 3.8) is 0 Å². The van der Waals surface area contributed by atoms with Gasteiger partial charge in [-0.15, -0.1) is 11.3 Å². The van der Waals surface area contributed by atoms with Crippen LogP contribution in [0.4, 0.5) is 5.69 Å². The van der Waals surface area contributed by atoms with Gasteiger partial charge in [-0.05, 0) is 30.5 Å². The number of ether oxygens (including phenoxy) is 1. The van der Waals surface area contributed by atoms with Gasteiger partial charge < -0.3 is 10.1 Å². The van der Waals surface area contributed by atoms with Gasteiger partial charge in [-0.1, -0.05) is 30.0 Å². The van der Waals surface area contributed by atoms with E-state index in [0.717, 1.165) is 11.8 Å². The van der Waals surface area contributed by atoms with Gasteiger partial charge in [0.05, 0.1) is 22.9 Å². The van der Waals surface area contributed by atoms with Crippen LogP contribution in [0.25, 0.3) is 0 Å². The highest BCUT2D eigenvalue weighted by molar-refractivity contribution is 8.14. The van der Waals surface area contributed by atoms with Crippen molar-refractivity contribution in [2.75, 3.05) is 17.7 Å². The van der Waals surface area contributed by atoms with E-state index in [1.165, 1.54) is 11.3 Å². The molecule has 3 N–H and O–H groups in total. The second-order valence-electron chi connectivity index (χ2n) is 5.73. The number of aliphatic imine (C=N–C) groups is 2. The van der Waals surface area contributed by atoms with Crippen molar-refractivity contribution in [3.8, 4) is 5.75 Å². The van der Waals surface area contributed by atoms with E-state index in [1.54, 1.807) is 41.8 Å². The zero-order valence-corrected chi connectivity index (χ0v) is 17.4. The molecule has 2 aromatic rings.